The number of aromatic amines is 1. The molecule has 2 N–H and O–H groups in total. The average molecular weight is 343 g/mol. The fraction of sp³-hybridized carbons (Fsp3) is 0.579. The Hall–Kier alpha value is -2.08. The van der Waals surface area contributed by atoms with Crippen molar-refractivity contribution >= 4 is 22.9 Å². The lowest BCUT2D eigenvalue weighted by atomic mass is 9.97. The minimum Gasteiger partial charge on any atom is -0.355 e. The zero-order valence-electron chi connectivity index (χ0n) is 15.3. The highest BCUT2D eigenvalue weighted by molar-refractivity contribution is 5.80. The first-order valence-corrected chi connectivity index (χ1v) is 9.41. The van der Waals surface area contributed by atoms with Gasteiger partial charge in [0.2, 0.25) is 11.9 Å². The van der Waals surface area contributed by atoms with Gasteiger partial charge in [0.1, 0.15) is 0 Å². The van der Waals surface area contributed by atoms with Crippen molar-refractivity contribution in [1.82, 2.24) is 20.2 Å². The molecule has 2 aromatic rings. The third-order valence-electron chi connectivity index (χ3n) is 5.09. The molecule has 0 aliphatic carbocycles. The highest BCUT2D eigenvalue weighted by atomic mass is 16.1. The molecule has 1 aromatic heterocycles. The minimum atomic E-state index is 0.0404. The molecule has 1 saturated heterocycles. The number of carbonyl (C=O) groups is 1. The number of para-hydroxylation sites is 2. The van der Waals surface area contributed by atoms with E-state index in [-0.39, 0.29) is 11.8 Å². The van der Waals surface area contributed by atoms with Gasteiger partial charge in [-0.15, -0.1) is 0 Å². The number of piperidine rings is 1. The van der Waals surface area contributed by atoms with E-state index in [1.807, 2.05) is 24.3 Å². The lowest BCUT2D eigenvalue weighted by Gasteiger charge is -2.32. The molecule has 2 heterocycles. The van der Waals surface area contributed by atoms with Gasteiger partial charge >= 0.3 is 0 Å². The smallest absolute Gasteiger partial charge is 0.224 e. The van der Waals surface area contributed by atoms with Crippen molar-refractivity contribution in [2.75, 3.05) is 44.2 Å². The van der Waals surface area contributed by atoms with Crippen molar-refractivity contribution in [2.45, 2.75) is 26.7 Å². The molecule has 1 fully saturated rings. The Morgan fingerprint density at radius 2 is 2.16 bits per heavy atom. The normalized spacial score (nSPS) is 18.0. The van der Waals surface area contributed by atoms with Crippen LogP contribution in [0.3, 0.4) is 0 Å². The molecule has 3 rings (SSSR count). The summed E-state index contributed by atoms with van der Waals surface area (Å²) in [6.07, 6.45) is 1.97. The van der Waals surface area contributed by atoms with Gasteiger partial charge in [0, 0.05) is 26.2 Å². The topological polar surface area (TPSA) is 64.3 Å². The van der Waals surface area contributed by atoms with Crippen LogP contribution in [-0.4, -0.2) is 60.0 Å². The van der Waals surface area contributed by atoms with E-state index in [0.717, 1.165) is 69.1 Å². The predicted octanol–water partition coefficient (Wildman–Crippen LogP) is 2.24. The molecule has 0 saturated carbocycles. The molecule has 1 atom stereocenters. The number of aromatic nitrogens is 2. The first-order valence-electron chi connectivity index (χ1n) is 9.41. The summed E-state index contributed by atoms with van der Waals surface area (Å²) in [4.78, 5) is 25.1. The summed E-state index contributed by atoms with van der Waals surface area (Å²) in [5.74, 6) is 1.09. The number of likely N-dealkylation sites (N-methyl/N-ethyl adjacent to an activating group) is 1. The molecule has 1 aliphatic heterocycles. The van der Waals surface area contributed by atoms with E-state index < -0.39 is 0 Å². The van der Waals surface area contributed by atoms with Gasteiger partial charge in [-0.05, 0) is 38.1 Å². The monoisotopic (exact) mass is 343 g/mol. The van der Waals surface area contributed by atoms with E-state index in [0.29, 0.717) is 0 Å². The molecule has 1 aliphatic rings. The molecular formula is C19H29N5O. The summed E-state index contributed by atoms with van der Waals surface area (Å²) in [5, 5.41) is 3.11. The number of nitrogens with zero attached hydrogens (tertiary/aromatic N) is 3. The lowest BCUT2D eigenvalue weighted by Crippen LogP contribution is -2.45. The molecule has 0 bridgehead atoms. The molecule has 1 aromatic carbocycles. The highest BCUT2D eigenvalue weighted by Gasteiger charge is 2.27. The van der Waals surface area contributed by atoms with Crippen molar-refractivity contribution in [3.63, 3.8) is 0 Å². The Balaban J connectivity index is 1.56. The second kappa shape index (κ2) is 8.34. The number of nitrogens with one attached hydrogen (secondary N) is 2. The number of rotatable bonds is 7. The fourth-order valence-electron chi connectivity index (χ4n) is 3.49. The zero-order chi connectivity index (χ0) is 17.6. The third kappa shape index (κ3) is 4.31. The van der Waals surface area contributed by atoms with E-state index in [9.17, 15) is 4.79 Å². The lowest BCUT2D eigenvalue weighted by molar-refractivity contribution is -0.125. The van der Waals surface area contributed by atoms with Crippen molar-refractivity contribution in [3.8, 4) is 0 Å². The first-order chi connectivity index (χ1) is 12.2. The molecule has 1 amide bonds. The van der Waals surface area contributed by atoms with Gasteiger partial charge in [0.25, 0.3) is 0 Å². The number of amides is 1. The van der Waals surface area contributed by atoms with E-state index in [1.54, 1.807) is 0 Å². The van der Waals surface area contributed by atoms with Crippen LogP contribution in [0.2, 0.25) is 0 Å². The number of hydrogen-bond donors (Lipinski definition) is 2. The van der Waals surface area contributed by atoms with Crippen LogP contribution in [0.25, 0.3) is 11.0 Å². The quantitative estimate of drug-likeness (QED) is 0.809. The number of carbonyl (C=O) groups excluding carboxylic acids is 1. The van der Waals surface area contributed by atoms with Gasteiger partial charge in [-0.1, -0.05) is 26.0 Å². The molecule has 136 valence electrons. The summed E-state index contributed by atoms with van der Waals surface area (Å²) in [6.45, 7) is 9.67. The molecule has 1 unspecified atom stereocenters. The van der Waals surface area contributed by atoms with Gasteiger partial charge in [0.05, 0.1) is 17.0 Å². The summed E-state index contributed by atoms with van der Waals surface area (Å²) in [7, 11) is 0. The van der Waals surface area contributed by atoms with Crippen LogP contribution in [0.5, 0.6) is 0 Å². The minimum absolute atomic E-state index is 0.0404. The Bertz CT molecular complexity index is 661. The number of benzene rings is 1. The maximum Gasteiger partial charge on any atom is 0.224 e. The van der Waals surface area contributed by atoms with Crippen molar-refractivity contribution in [3.05, 3.63) is 24.3 Å². The van der Waals surface area contributed by atoms with Crippen LogP contribution in [0.1, 0.15) is 26.7 Å². The summed E-state index contributed by atoms with van der Waals surface area (Å²) < 4.78 is 0. The van der Waals surface area contributed by atoms with E-state index in [2.05, 4.69) is 38.9 Å². The van der Waals surface area contributed by atoms with Crippen LogP contribution in [0.4, 0.5) is 5.95 Å². The summed E-state index contributed by atoms with van der Waals surface area (Å²) >= 11 is 0. The van der Waals surface area contributed by atoms with Gasteiger partial charge in [0.15, 0.2) is 0 Å². The Morgan fingerprint density at radius 1 is 1.36 bits per heavy atom. The maximum absolute atomic E-state index is 12.5. The Kier molecular flexibility index (Phi) is 5.91. The number of imidazole rings is 1. The largest absolute Gasteiger partial charge is 0.355 e. The zero-order valence-corrected chi connectivity index (χ0v) is 15.3. The SMILES string of the molecule is CCN(CC)CCNC(=O)C1CCCN(c2nc3ccccc3[nH]2)C1. The van der Waals surface area contributed by atoms with Gasteiger partial charge < -0.3 is 20.1 Å². The highest BCUT2D eigenvalue weighted by Crippen LogP contribution is 2.23. The number of hydrogen-bond acceptors (Lipinski definition) is 4. The number of fused-ring (bicyclic) bond motifs is 1. The van der Waals surface area contributed by atoms with Gasteiger partial charge in [-0.25, -0.2) is 4.98 Å². The molecule has 0 radical (unpaired) electrons. The second-order valence-corrected chi connectivity index (χ2v) is 6.68. The molecular weight excluding hydrogens is 314 g/mol. The summed E-state index contributed by atoms with van der Waals surface area (Å²) in [5.41, 5.74) is 2.02. The Labute approximate surface area is 149 Å². The maximum atomic E-state index is 12.5. The third-order valence-corrected chi connectivity index (χ3v) is 5.09. The van der Waals surface area contributed by atoms with Crippen LogP contribution >= 0.6 is 0 Å². The van der Waals surface area contributed by atoms with E-state index >= 15 is 0 Å². The van der Waals surface area contributed by atoms with Gasteiger partial charge in [-0.2, -0.15) is 0 Å². The van der Waals surface area contributed by atoms with E-state index in [4.69, 9.17) is 0 Å². The fourth-order valence-corrected chi connectivity index (χ4v) is 3.49. The first kappa shape index (κ1) is 17.7. The van der Waals surface area contributed by atoms with Crippen LogP contribution < -0.4 is 10.2 Å². The second-order valence-electron chi connectivity index (χ2n) is 6.68. The van der Waals surface area contributed by atoms with Crippen molar-refractivity contribution in [1.29, 1.82) is 0 Å². The Morgan fingerprint density at radius 3 is 2.92 bits per heavy atom. The van der Waals surface area contributed by atoms with Crippen LogP contribution in [-0.2, 0) is 4.79 Å². The molecule has 6 nitrogen and oxygen atoms in total. The van der Waals surface area contributed by atoms with Crippen molar-refractivity contribution in [2.24, 2.45) is 5.92 Å². The number of anilines is 1. The molecule has 25 heavy (non-hydrogen) atoms. The average Bonchev–Trinajstić information content (AvgIpc) is 3.09. The van der Waals surface area contributed by atoms with Crippen LogP contribution in [0, 0.1) is 5.92 Å². The van der Waals surface area contributed by atoms with Crippen molar-refractivity contribution < 1.29 is 4.79 Å². The summed E-state index contributed by atoms with van der Waals surface area (Å²) in [6, 6.07) is 8.05. The van der Waals surface area contributed by atoms with Gasteiger partial charge in [-0.3, -0.25) is 4.79 Å². The predicted molar refractivity (Wildman–Crippen MR) is 102 cm³/mol. The molecule has 0 spiro atoms. The molecule has 6 heteroatoms. The van der Waals surface area contributed by atoms with E-state index in [1.165, 1.54) is 0 Å². The standard InChI is InChI=1S/C19H29N5O/c1-3-23(4-2)13-11-20-18(25)15-8-7-12-24(14-15)19-21-16-9-5-6-10-17(16)22-19/h5-6,9-10,15H,3-4,7-8,11-14H2,1-2H3,(H,20,25)(H,21,22). The van der Waals surface area contributed by atoms with Crippen LogP contribution in [0.15, 0.2) is 24.3 Å². The number of H-pyrrole nitrogens is 1.